The monoisotopic (exact) mass is 400 g/mol. The molecular formula is C15H12BrF3N4O. The summed E-state index contributed by atoms with van der Waals surface area (Å²) in [4.78, 5) is 4.21. The lowest BCUT2D eigenvalue weighted by Crippen LogP contribution is -2.04. The number of rotatable bonds is 3. The first-order chi connectivity index (χ1) is 11.3. The minimum absolute atomic E-state index is 0.235. The molecule has 3 rings (SSSR count). The topological polar surface area (TPSA) is 56.7 Å². The Bertz CT molecular complexity index is 868. The highest BCUT2D eigenvalue weighted by Crippen LogP contribution is 2.30. The fourth-order valence-electron chi connectivity index (χ4n) is 2.20. The zero-order chi connectivity index (χ0) is 17.5. The molecule has 0 saturated carbocycles. The predicted octanol–water partition coefficient (Wildman–Crippen LogP) is 4.38. The van der Waals surface area contributed by atoms with Crippen LogP contribution in [-0.2, 0) is 12.7 Å². The largest absolute Gasteiger partial charge is 0.416 e. The van der Waals surface area contributed by atoms with Crippen molar-refractivity contribution < 1.29 is 17.7 Å². The fourth-order valence-corrected chi connectivity index (χ4v) is 2.49. The minimum Gasteiger partial charge on any atom is -0.337 e. The van der Waals surface area contributed by atoms with Gasteiger partial charge in [-0.05, 0) is 41.9 Å². The lowest BCUT2D eigenvalue weighted by molar-refractivity contribution is -0.137. The number of halogens is 4. The van der Waals surface area contributed by atoms with Crippen LogP contribution in [0.2, 0.25) is 0 Å². The Morgan fingerprint density at radius 3 is 2.38 bits per heavy atom. The van der Waals surface area contributed by atoms with E-state index < -0.39 is 11.7 Å². The fraction of sp³-hybridized carbons (Fsp3) is 0.267. The zero-order valence-electron chi connectivity index (χ0n) is 12.7. The Morgan fingerprint density at radius 1 is 1.17 bits per heavy atom. The van der Waals surface area contributed by atoms with Crippen molar-refractivity contribution in [3.05, 3.63) is 51.6 Å². The Labute approximate surface area is 143 Å². The molecule has 2 aromatic heterocycles. The maximum absolute atomic E-state index is 12.6. The number of hydrogen-bond donors (Lipinski definition) is 0. The molecule has 0 N–H and O–H groups in total. The van der Waals surface area contributed by atoms with E-state index in [2.05, 4.69) is 31.2 Å². The van der Waals surface area contributed by atoms with E-state index in [-0.39, 0.29) is 12.4 Å². The molecule has 24 heavy (non-hydrogen) atoms. The van der Waals surface area contributed by atoms with Crippen LogP contribution < -0.4 is 0 Å². The second-order valence-electron chi connectivity index (χ2n) is 5.23. The molecule has 0 aliphatic heterocycles. The van der Waals surface area contributed by atoms with Crippen molar-refractivity contribution in [1.29, 1.82) is 0 Å². The van der Waals surface area contributed by atoms with Gasteiger partial charge in [-0.25, -0.2) is 0 Å². The summed E-state index contributed by atoms with van der Waals surface area (Å²) < 4.78 is 45.5. The van der Waals surface area contributed by atoms with Crippen LogP contribution in [0.1, 0.15) is 22.8 Å². The molecule has 5 nitrogen and oxygen atoms in total. The molecule has 0 fully saturated rings. The molecule has 3 aromatic rings. The van der Waals surface area contributed by atoms with Crippen molar-refractivity contribution in [2.24, 2.45) is 0 Å². The molecule has 0 atom stereocenters. The van der Waals surface area contributed by atoms with E-state index in [1.54, 1.807) is 4.68 Å². The molecule has 0 spiro atoms. The van der Waals surface area contributed by atoms with Crippen LogP contribution >= 0.6 is 15.9 Å². The number of aromatic nitrogens is 4. The summed E-state index contributed by atoms with van der Waals surface area (Å²) in [5.74, 6) is 0.558. The quantitative estimate of drug-likeness (QED) is 0.654. The van der Waals surface area contributed by atoms with Gasteiger partial charge in [0.25, 0.3) is 0 Å². The van der Waals surface area contributed by atoms with E-state index in [0.29, 0.717) is 11.5 Å². The number of benzene rings is 1. The summed E-state index contributed by atoms with van der Waals surface area (Å²) in [5.41, 5.74) is 1.49. The average Bonchev–Trinajstić information content (AvgIpc) is 3.08. The van der Waals surface area contributed by atoms with Crippen LogP contribution in [0.4, 0.5) is 13.2 Å². The SMILES string of the molecule is Cc1nn(Cc2nc(-c3ccc(C(F)(F)F)cc3)no2)c(C)c1Br. The van der Waals surface area contributed by atoms with Gasteiger partial charge in [0.2, 0.25) is 11.7 Å². The molecule has 0 bridgehead atoms. The Morgan fingerprint density at radius 2 is 1.83 bits per heavy atom. The van der Waals surface area contributed by atoms with Gasteiger partial charge < -0.3 is 4.52 Å². The van der Waals surface area contributed by atoms with Crippen molar-refractivity contribution >= 4 is 15.9 Å². The highest BCUT2D eigenvalue weighted by molar-refractivity contribution is 9.10. The summed E-state index contributed by atoms with van der Waals surface area (Å²) in [5, 5.41) is 8.16. The highest BCUT2D eigenvalue weighted by Gasteiger charge is 2.30. The van der Waals surface area contributed by atoms with Crippen molar-refractivity contribution in [3.63, 3.8) is 0 Å². The first-order valence-electron chi connectivity index (χ1n) is 6.95. The van der Waals surface area contributed by atoms with Gasteiger partial charge in [-0.2, -0.15) is 23.3 Å². The second kappa shape index (κ2) is 6.04. The third-order valence-corrected chi connectivity index (χ3v) is 4.66. The normalized spacial score (nSPS) is 11.9. The Hall–Kier alpha value is -2.16. The molecule has 1 aromatic carbocycles. The first-order valence-corrected chi connectivity index (χ1v) is 7.74. The van der Waals surface area contributed by atoms with Gasteiger partial charge in [0.15, 0.2) is 0 Å². The molecule has 0 radical (unpaired) electrons. The van der Waals surface area contributed by atoms with E-state index in [1.807, 2.05) is 13.8 Å². The number of alkyl halides is 3. The molecule has 0 amide bonds. The van der Waals surface area contributed by atoms with Crippen LogP contribution in [0.25, 0.3) is 11.4 Å². The van der Waals surface area contributed by atoms with E-state index in [9.17, 15) is 13.2 Å². The summed E-state index contributed by atoms with van der Waals surface area (Å²) in [7, 11) is 0. The van der Waals surface area contributed by atoms with Gasteiger partial charge >= 0.3 is 6.18 Å². The maximum atomic E-state index is 12.6. The highest BCUT2D eigenvalue weighted by atomic mass is 79.9. The third-order valence-electron chi connectivity index (χ3n) is 3.52. The van der Waals surface area contributed by atoms with Gasteiger partial charge in [-0.15, -0.1) is 0 Å². The van der Waals surface area contributed by atoms with Crippen molar-refractivity contribution in [2.45, 2.75) is 26.6 Å². The van der Waals surface area contributed by atoms with E-state index >= 15 is 0 Å². The minimum atomic E-state index is -4.37. The maximum Gasteiger partial charge on any atom is 0.416 e. The smallest absolute Gasteiger partial charge is 0.337 e. The van der Waals surface area contributed by atoms with Crippen LogP contribution in [0.15, 0.2) is 33.3 Å². The molecule has 0 aliphatic rings. The number of nitrogens with zero attached hydrogens (tertiary/aromatic N) is 4. The van der Waals surface area contributed by atoms with Gasteiger partial charge in [0.05, 0.1) is 21.4 Å². The van der Waals surface area contributed by atoms with Crippen LogP contribution in [0, 0.1) is 13.8 Å². The predicted molar refractivity (Wildman–Crippen MR) is 83.2 cm³/mol. The summed E-state index contributed by atoms with van der Waals surface area (Å²) >= 11 is 3.44. The van der Waals surface area contributed by atoms with E-state index in [4.69, 9.17) is 4.52 Å². The molecule has 0 unspecified atom stereocenters. The van der Waals surface area contributed by atoms with E-state index in [0.717, 1.165) is 28.0 Å². The lowest BCUT2D eigenvalue weighted by atomic mass is 10.1. The third kappa shape index (κ3) is 3.21. The van der Waals surface area contributed by atoms with Gasteiger partial charge in [-0.3, -0.25) is 4.68 Å². The second-order valence-corrected chi connectivity index (χ2v) is 6.02. The van der Waals surface area contributed by atoms with Gasteiger partial charge in [0.1, 0.15) is 6.54 Å². The zero-order valence-corrected chi connectivity index (χ0v) is 14.3. The van der Waals surface area contributed by atoms with Gasteiger partial charge in [0, 0.05) is 5.56 Å². The standard InChI is InChI=1S/C15H12BrF3N4O/c1-8-13(16)9(2)23(21-8)7-12-20-14(22-24-12)10-3-5-11(6-4-10)15(17,18)19/h3-6H,7H2,1-2H3. The molecule has 0 saturated heterocycles. The summed E-state index contributed by atoms with van der Waals surface area (Å²) in [6.07, 6.45) is -4.37. The first kappa shape index (κ1) is 16.7. The van der Waals surface area contributed by atoms with E-state index in [1.165, 1.54) is 12.1 Å². The van der Waals surface area contributed by atoms with Crippen LogP contribution in [-0.4, -0.2) is 19.9 Å². The number of aryl methyl sites for hydroxylation is 1. The molecule has 9 heteroatoms. The average molecular weight is 401 g/mol. The molecular weight excluding hydrogens is 389 g/mol. The summed E-state index contributed by atoms with van der Waals surface area (Å²) in [6.45, 7) is 4.05. The van der Waals surface area contributed by atoms with Crippen molar-refractivity contribution in [1.82, 2.24) is 19.9 Å². The molecule has 126 valence electrons. The Balaban J connectivity index is 1.81. The molecule has 2 heterocycles. The van der Waals surface area contributed by atoms with Gasteiger partial charge in [-0.1, -0.05) is 17.3 Å². The van der Waals surface area contributed by atoms with Crippen molar-refractivity contribution in [3.8, 4) is 11.4 Å². The van der Waals surface area contributed by atoms with Crippen molar-refractivity contribution in [2.75, 3.05) is 0 Å². The summed E-state index contributed by atoms with van der Waals surface area (Å²) in [6, 6.07) is 4.61. The van der Waals surface area contributed by atoms with Crippen LogP contribution in [0.5, 0.6) is 0 Å². The van der Waals surface area contributed by atoms with Crippen LogP contribution in [0.3, 0.4) is 0 Å². The molecule has 0 aliphatic carbocycles. The number of hydrogen-bond acceptors (Lipinski definition) is 4. The lowest BCUT2D eigenvalue weighted by Gasteiger charge is -2.05. The Kier molecular flexibility index (Phi) is 4.20.